The van der Waals surface area contributed by atoms with Gasteiger partial charge >= 0.3 is 53.7 Å². The van der Waals surface area contributed by atoms with E-state index in [-0.39, 0.29) is 60.0 Å². The number of carboxylic acid groups (broad SMARTS) is 9. The van der Waals surface area contributed by atoms with E-state index in [4.69, 9.17) is 0 Å². The van der Waals surface area contributed by atoms with Gasteiger partial charge in [0.15, 0.2) is 24.2 Å². The molecule has 46 nitrogen and oxygen atoms in total. The Kier molecular flexibility index (Phi) is 38.4. The minimum atomic E-state index is -2.05. The van der Waals surface area contributed by atoms with Crippen LogP contribution in [0.5, 0.6) is 0 Å². The maximum Gasteiger partial charge on any atom is 0.332 e. The van der Waals surface area contributed by atoms with Crippen LogP contribution in [0.2, 0.25) is 0 Å². The van der Waals surface area contributed by atoms with Gasteiger partial charge in [0, 0.05) is 142 Å². The Labute approximate surface area is 695 Å². The molecule has 0 saturated heterocycles. The van der Waals surface area contributed by atoms with E-state index in [9.17, 15) is 113 Å². The van der Waals surface area contributed by atoms with Crippen molar-refractivity contribution in [2.75, 3.05) is 12.3 Å². The average Bonchev–Trinajstić information content (AvgIpc) is 1.73. The number of nitrogens with one attached hydrogen (secondary N) is 14. The standard InChI is InChI=1S/C73H96N20O26S2/c94-47(86-60(42-32-74-37-81-42)65(112)92-72(23-10-54(100)101,24-11-55(102)103)25-12-56(104)105)7-20-71(91-52(99)16-31-120-121-53-4-1-2-29-79-53,21-8-48(95)87-61(43-33-75-38-82-43)66(113)93-73(26-13-57(106)107,27-14-58(108)109)28-15-59(110)111)22-9-51(98)90-70(17-3-30-80-62(67(114)115)44-34-76-39-83-44,18-5-49(96)88-63(68(116)117)45-35-77-40-84-45)19-6-50(97)89-64(69(118)119)46-36-78-41-85-46/h1-2,4,29,32-41,60-64,80H,3,5-28,30-31H2,(H,74,81)(H,75,82)(H,76,83)(H,77,84)(H,78,85)(H,86,94)(H,87,95)(H,88,96)(H,89,97)(H,90,98)(H,91,99)(H,92,112)(H,93,113)(H,100,101)(H,102,103)(H,104,105)(H,106,107)(H,108,109)(H,110,111)(H,114,115)(H,116,117)(H,118,119). The monoisotopic (exact) mass is 1730 g/mol. The molecule has 5 unspecified atom stereocenters. The Hall–Kier alpha value is -13.2. The molecule has 48 heteroatoms. The predicted octanol–water partition coefficient (Wildman–Crippen LogP) is 2.13. The van der Waals surface area contributed by atoms with Gasteiger partial charge in [-0.1, -0.05) is 16.9 Å². The Morgan fingerprint density at radius 1 is 0.322 bits per heavy atom. The van der Waals surface area contributed by atoms with Crippen LogP contribution in [0.1, 0.15) is 219 Å². The predicted molar refractivity (Wildman–Crippen MR) is 417 cm³/mol. The van der Waals surface area contributed by atoms with Crippen LogP contribution >= 0.6 is 21.6 Å². The van der Waals surface area contributed by atoms with E-state index in [0.29, 0.717) is 5.03 Å². The number of aromatic nitrogens is 11. The van der Waals surface area contributed by atoms with Crippen molar-refractivity contribution < 1.29 is 127 Å². The van der Waals surface area contributed by atoms with Crippen molar-refractivity contribution in [3.05, 3.63) is 115 Å². The van der Waals surface area contributed by atoms with Gasteiger partial charge < -0.3 is 113 Å². The molecule has 6 heterocycles. The SMILES string of the molecule is O=C(O)CCC(CCC(=O)O)(CCC(=O)O)NC(=O)C(NC(=O)CCC(CCC(=O)NC(C(=O)NC(CCC(=O)O)(CCC(=O)O)CCC(=O)O)c1c[nH]cn1)(CCC(=O)NC(CCCNC(C(=O)O)c1c[nH]cn1)(CCC(=O)NC(C(=O)O)c1c[nH]cn1)CCC(=O)NC(C(=O)O)c1c[nH]cn1)NC(=O)CCSSc1ccccn1)c1c[nH]cn1. The third-order valence-electron chi connectivity index (χ3n) is 19.6. The molecule has 6 aromatic rings. The molecule has 0 aromatic carbocycles. The van der Waals surface area contributed by atoms with Gasteiger partial charge in [-0.3, -0.25) is 77.2 Å². The van der Waals surface area contributed by atoms with Gasteiger partial charge in [-0.2, -0.15) is 0 Å². The zero-order valence-electron chi connectivity index (χ0n) is 65.0. The molecule has 656 valence electrons. The zero-order chi connectivity index (χ0) is 88.7. The van der Waals surface area contributed by atoms with Crippen molar-refractivity contribution in [3.8, 4) is 0 Å². The first-order valence-corrected chi connectivity index (χ1v) is 40.1. The number of pyridine rings is 1. The number of carboxylic acids is 9. The number of rotatable bonds is 61. The van der Waals surface area contributed by atoms with E-state index < -0.39 is 295 Å². The normalized spacial score (nSPS) is 13.6. The Bertz CT molecular complexity index is 4170. The first-order valence-electron chi connectivity index (χ1n) is 37.8. The summed E-state index contributed by atoms with van der Waals surface area (Å²) in [4.78, 5) is 266. The number of nitrogens with zero attached hydrogens (tertiary/aromatic N) is 6. The maximum atomic E-state index is 15.6. The number of amides is 8. The van der Waals surface area contributed by atoms with Crippen LogP contribution < -0.4 is 47.9 Å². The molecule has 6 aromatic heterocycles. The fourth-order valence-electron chi connectivity index (χ4n) is 13.3. The highest BCUT2D eigenvalue weighted by atomic mass is 33.1. The fourth-order valence-corrected chi connectivity index (χ4v) is 15.1. The van der Waals surface area contributed by atoms with Gasteiger partial charge in [0.05, 0.1) is 60.1 Å². The summed E-state index contributed by atoms with van der Waals surface area (Å²) in [5, 5.41) is 114. The molecule has 0 aliphatic rings. The number of imidazole rings is 5. The summed E-state index contributed by atoms with van der Waals surface area (Å²) in [5.41, 5.74) is -8.29. The molecule has 0 aliphatic carbocycles. The van der Waals surface area contributed by atoms with Gasteiger partial charge in [0.1, 0.15) is 11.1 Å². The van der Waals surface area contributed by atoms with Gasteiger partial charge in [0.25, 0.3) is 0 Å². The van der Waals surface area contributed by atoms with Crippen LogP contribution in [0.4, 0.5) is 0 Å². The van der Waals surface area contributed by atoms with E-state index in [2.05, 4.69) is 103 Å². The summed E-state index contributed by atoms with van der Waals surface area (Å²) >= 11 is 0. The quantitative estimate of drug-likeness (QED) is 0.0192. The summed E-state index contributed by atoms with van der Waals surface area (Å²) in [5.74, 6) is -21.0. The van der Waals surface area contributed by atoms with Crippen molar-refractivity contribution in [3.63, 3.8) is 0 Å². The minimum absolute atomic E-state index is 0.0303. The van der Waals surface area contributed by atoms with Crippen molar-refractivity contribution in [2.45, 2.75) is 218 Å². The Balaban J connectivity index is 1.49. The second kappa shape index (κ2) is 48.0. The summed E-state index contributed by atoms with van der Waals surface area (Å²) in [6.45, 7) is -0.203. The molecule has 0 bridgehead atoms. The highest BCUT2D eigenvalue weighted by molar-refractivity contribution is 8.76. The maximum absolute atomic E-state index is 15.6. The molecular weight excluding hydrogens is 1640 g/mol. The molecule has 121 heavy (non-hydrogen) atoms. The number of aromatic amines is 5. The van der Waals surface area contributed by atoms with Crippen LogP contribution in [0.15, 0.2) is 92.0 Å². The molecule has 23 N–H and O–H groups in total. The minimum Gasteiger partial charge on any atom is -0.481 e. The molecule has 0 spiro atoms. The first-order chi connectivity index (χ1) is 57.5. The number of hydrogen-bond acceptors (Lipinski definition) is 26. The molecule has 6 rings (SSSR count). The van der Waals surface area contributed by atoms with E-state index in [1.165, 1.54) is 65.1 Å². The molecule has 0 saturated carbocycles. The molecule has 0 fully saturated rings. The summed E-state index contributed by atoms with van der Waals surface area (Å²) < 4.78 is 0. The smallest absolute Gasteiger partial charge is 0.332 e. The van der Waals surface area contributed by atoms with Gasteiger partial charge in [0.2, 0.25) is 47.3 Å². The number of hydrogen-bond donors (Lipinski definition) is 23. The van der Waals surface area contributed by atoms with Crippen LogP contribution in [0.25, 0.3) is 0 Å². The third-order valence-corrected chi connectivity index (χ3v) is 21.8. The zero-order valence-corrected chi connectivity index (χ0v) is 66.7. The average molecular weight is 1730 g/mol. The van der Waals surface area contributed by atoms with Crippen LogP contribution in [-0.2, 0) is 81.5 Å². The van der Waals surface area contributed by atoms with Gasteiger partial charge in [-0.25, -0.2) is 39.5 Å². The van der Waals surface area contributed by atoms with Crippen molar-refractivity contribution >= 4 is 123 Å². The van der Waals surface area contributed by atoms with E-state index in [1.807, 2.05) is 0 Å². The van der Waals surface area contributed by atoms with Crippen LogP contribution in [0, 0.1) is 0 Å². The third kappa shape index (κ3) is 33.6. The molecule has 0 aliphatic heterocycles. The van der Waals surface area contributed by atoms with Gasteiger partial charge in [-0.15, -0.1) is 0 Å². The topological polar surface area (TPSA) is 737 Å². The number of carbonyl (C=O) groups is 17. The number of H-pyrrole nitrogens is 5. The van der Waals surface area contributed by atoms with E-state index in [0.717, 1.165) is 25.3 Å². The van der Waals surface area contributed by atoms with Crippen molar-refractivity contribution in [2.24, 2.45) is 0 Å². The molecular formula is C73H96N20O26S2. The van der Waals surface area contributed by atoms with E-state index >= 15 is 14.4 Å². The van der Waals surface area contributed by atoms with Gasteiger partial charge in [-0.05, 0) is 113 Å². The fraction of sp³-hybridized carbons (Fsp3) is 0.493. The van der Waals surface area contributed by atoms with Crippen LogP contribution in [-0.4, -0.2) is 236 Å². The highest BCUT2D eigenvalue weighted by Gasteiger charge is 2.43. The summed E-state index contributed by atoms with van der Waals surface area (Å²) in [7, 11) is 2.36. The number of carbonyl (C=O) groups excluding carboxylic acids is 8. The summed E-state index contributed by atoms with van der Waals surface area (Å²) in [6, 6.07) is -3.62. The largest absolute Gasteiger partial charge is 0.481 e. The summed E-state index contributed by atoms with van der Waals surface area (Å²) in [6.07, 6.45) is -1.29. The highest BCUT2D eigenvalue weighted by Crippen LogP contribution is 2.35. The lowest BCUT2D eigenvalue weighted by molar-refractivity contribution is -0.142. The lowest BCUT2D eigenvalue weighted by Crippen LogP contribution is -2.54. The second-order valence-electron chi connectivity index (χ2n) is 28.4. The Morgan fingerprint density at radius 2 is 0.603 bits per heavy atom. The Morgan fingerprint density at radius 3 is 0.901 bits per heavy atom. The molecule has 8 amide bonds. The van der Waals surface area contributed by atoms with Crippen molar-refractivity contribution in [1.29, 1.82) is 0 Å². The lowest BCUT2D eigenvalue weighted by atomic mass is 9.81. The van der Waals surface area contributed by atoms with Crippen molar-refractivity contribution in [1.82, 2.24) is 103 Å². The second-order valence-corrected chi connectivity index (χ2v) is 30.8. The lowest BCUT2D eigenvalue weighted by Gasteiger charge is -2.38. The molecule has 5 atom stereocenters. The first kappa shape index (κ1) is 96.7. The van der Waals surface area contributed by atoms with Crippen LogP contribution in [0.3, 0.4) is 0 Å². The van der Waals surface area contributed by atoms with E-state index in [1.54, 1.807) is 18.2 Å². The number of aliphatic carboxylic acids is 9. The molecule has 0 radical (unpaired) electrons.